The summed E-state index contributed by atoms with van der Waals surface area (Å²) in [7, 11) is 1.63. The molecule has 1 aliphatic rings. The van der Waals surface area contributed by atoms with E-state index in [1.807, 2.05) is 25.1 Å². The van der Waals surface area contributed by atoms with Crippen molar-refractivity contribution < 1.29 is 14.6 Å². The molecule has 6 heteroatoms. The Labute approximate surface area is 152 Å². The summed E-state index contributed by atoms with van der Waals surface area (Å²) in [6, 6.07) is 5.89. The lowest BCUT2D eigenvalue weighted by atomic mass is 10.1. The number of ether oxygens (including phenoxy) is 2. The Morgan fingerprint density at radius 1 is 1.23 bits per heavy atom. The fourth-order valence-corrected chi connectivity index (χ4v) is 3.80. The van der Waals surface area contributed by atoms with E-state index in [1.165, 1.54) is 12.8 Å². The SMILES string of the molecule is COc1cc2c(cc1OCC(O)CN1CCCC1)[nH]c1ccnc(C)c12. The molecule has 1 aliphatic heterocycles. The molecule has 0 aliphatic carbocycles. The zero-order valence-electron chi connectivity index (χ0n) is 15.3. The van der Waals surface area contributed by atoms with Crippen LogP contribution in [0.5, 0.6) is 11.5 Å². The fourth-order valence-electron chi connectivity index (χ4n) is 3.80. The highest BCUT2D eigenvalue weighted by atomic mass is 16.5. The van der Waals surface area contributed by atoms with Gasteiger partial charge in [-0.1, -0.05) is 0 Å². The number of aliphatic hydroxyl groups is 1. The third kappa shape index (κ3) is 3.22. The number of β-amino-alcohol motifs (C(OH)–C–C–N with tert-alkyl or cyclic N) is 1. The summed E-state index contributed by atoms with van der Waals surface area (Å²) in [6.07, 6.45) is 3.72. The van der Waals surface area contributed by atoms with Gasteiger partial charge in [0.15, 0.2) is 11.5 Å². The average Bonchev–Trinajstić information content (AvgIpc) is 3.26. The number of H-pyrrole nitrogens is 1. The van der Waals surface area contributed by atoms with Gasteiger partial charge in [-0.3, -0.25) is 4.98 Å². The normalized spacial score (nSPS) is 16.4. The van der Waals surface area contributed by atoms with Gasteiger partial charge in [-0.2, -0.15) is 0 Å². The maximum atomic E-state index is 10.3. The summed E-state index contributed by atoms with van der Waals surface area (Å²) in [5.41, 5.74) is 2.99. The number of aromatic nitrogens is 2. The molecule has 2 aromatic heterocycles. The van der Waals surface area contributed by atoms with Gasteiger partial charge in [-0.15, -0.1) is 0 Å². The lowest BCUT2D eigenvalue weighted by molar-refractivity contribution is 0.0747. The number of rotatable bonds is 6. The Balaban J connectivity index is 1.58. The Morgan fingerprint density at radius 2 is 2.04 bits per heavy atom. The Kier molecular flexibility index (Phi) is 4.70. The molecule has 1 unspecified atom stereocenters. The summed E-state index contributed by atoms with van der Waals surface area (Å²) in [5, 5.41) is 12.4. The smallest absolute Gasteiger partial charge is 0.163 e. The molecule has 1 atom stereocenters. The van der Waals surface area contributed by atoms with E-state index in [0.29, 0.717) is 18.0 Å². The van der Waals surface area contributed by atoms with E-state index in [4.69, 9.17) is 9.47 Å². The van der Waals surface area contributed by atoms with Gasteiger partial charge in [0.05, 0.1) is 12.6 Å². The van der Waals surface area contributed by atoms with Crippen molar-refractivity contribution in [2.45, 2.75) is 25.9 Å². The summed E-state index contributed by atoms with van der Waals surface area (Å²) in [5.74, 6) is 1.30. The fraction of sp³-hybridized carbons (Fsp3) is 0.450. The van der Waals surface area contributed by atoms with Gasteiger partial charge < -0.3 is 24.5 Å². The molecule has 1 saturated heterocycles. The van der Waals surface area contributed by atoms with Crippen molar-refractivity contribution in [2.24, 2.45) is 0 Å². The van der Waals surface area contributed by atoms with Gasteiger partial charge in [0.1, 0.15) is 12.7 Å². The predicted molar refractivity (Wildman–Crippen MR) is 102 cm³/mol. The van der Waals surface area contributed by atoms with Crippen molar-refractivity contribution >= 4 is 21.8 Å². The number of nitrogens with one attached hydrogen (secondary N) is 1. The molecule has 138 valence electrons. The first kappa shape index (κ1) is 17.1. The van der Waals surface area contributed by atoms with Gasteiger partial charge in [0.2, 0.25) is 0 Å². The molecule has 0 bridgehead atoms. The van der Waals surface area contributed by atoms with E-state index in [1.54, 1.807) is 13.3 Å². The number of fused-ring (bicyclic) bond motifs is 3. The number of aliphatic hydroxyl groups excluding tert-OH is 1. The number of nitrogens with zero attached hydrogens (tertiary/aromatic N) is 2. The molecule has 0 saturated carbocycles. The lowest BCUT2D eigenvalue weighted by Gasteiger charge is -2.20. The second-order valence-electron chi connectivity index (χ2n) is 6.97. The van der Waals surface area contributed by atoms with Gasteiger partial charge in [-0.25, -0.2) is 0 Å². The molecule has 0 radical (unpaired) electrons. The first-order valence-corrected chi connectivity index (χ1v) is 9.14. The monoisotopic (exact) mass is 355 g/mol. The van der Waals surface area contributed by atoms with Crippen LogP contribution >= 0.6 is 0 Å². The Morgan fingerprint density at radius 3 is 2.81 bits per heavy atom. The van der Waals surface area contributed by atoms with Crippen LogP contribution in [-0.2, 0) is 0 Å². The molecule has 3 heterocycles. The van der Waals surface area contributed by atoms with E-state index < -0.39 is 6.10 Å². The lowest BCUT2D eigenvalue weighted by Crippen LogP contribution is -2.33. The zero-order chi connectivity index (χ0) is 18.1. The van der Waals surface area contributed by atoms with Gasteiger partial charge >= 0.3 is 0 Å². The summed E-state index contributed by atoms with van der Waals surface area (Å²) in [4.78, 5) is 10.1. The number of pyridine rings is 1. The maximum absolute atomic E-state index is 10.3. The zero-order valence-corrected chi connectivity index (χ0v) is 15.3. The Bertz CT molecular complexity index is 915. The van der Waals surface area contributed by atoms with E-state index in [0.717, 1.165) is 40.6 Å². The molecule has 0 amide bonds. The van der Waals surface area contributed by atoms with Crippen molar-refractivity contribution in [1.82, 2.24) is 14.9 Å². The number of aromatic amines is 1. The van der Waals surface area contributed by atoms with Crippen molar-refractivity contribution in [2.75, 3.05) is 33.4 Å². The van der Waals surface area contributed by atoms with E-state index >= 15 is 0 Å². The van der Waals surface area contributed by atoms with Crippen LogP contribution in [0, 0.1) is 6.92 Å². The number of methoxy groups -OCH3 is 1. The molecule has 1 fully saturated rings. The first-order valence-electron chi connectivity index (χ1n) is 9.14. The summed E-state index contributed by atoms with van der Waals surface area (Å²) < 4.78 is 11.4. The number of benzene rings is 1. The summed E-state index contributed by atoms with van der Waals surface area (Å²) >= 11 is 0. The molecule has 2 N–H and O–H groups in total. The average molecular weight is 355 g/mol. The number of likely N-dealkylation sites (tertiary alicyclic amines) is 1. The van der Waals surface area contributed by atoms with Crippen LogP contribution in [0.15, 0.2) is 24.4 Å². The highest BCUT2D eigenvalue weighted by molar-refractivity contribution is 6.09. The van der Waals surface area contributed by atoms with E-state index in [2.05, 4.69) is 14.9 Å². The quantitative estimate of drug-likeness (QED) is 0.711. The van der Waals surface area contributed by atoms with Crippen molar-refractivity contribution in [3.63, 3.8) is 0 Å². The molecular weight excluding hydrogens is 330 g/mol. The van der Waals surface area contributed by atoms with Crippen molar-refractivity contribution in [3.8, 4) is 11.5 Å². The van der Waals surface area contributed by atoms with E-state index in [9.17, 15) is 5.11 Å². The third-order valence-corrected chi connectivity index (χ3v) is 5.08. The van der Waals surface area contributed by atoms with Crippen LogP contribution < -0.4 is 9.47 Å². The van der Waals surface area contributed by atoms with E-state index in [-0.39, 0.29) is 6.61 Å². The third-order valence-electron chi connectivity index (χ3n) is 5.08. The van der Waals surface area contributed by atoms with Crippen LogP contribution in [0.4, 0.5) is 0 Å². The minimum absolute atomic E-state index is 0.249. The van der Waals surface area contributed by atoms with Gasteiger partial charge in [0.25, 0.3) is 0 Å². The molecular formula is C20H25N3O3. The maximum Gasteiger partial charge on any atom is 0.163 e. The molecule has 0 spiro atoms. The molecule has 1 aromatic carbocycles. The van der Waals surface area contributed by atoms with Crippen LogP contribution in [0.3, 0.4) is 0 Å². The van der Waals surface area contributed by atoms with Crippen molar-refractivity contribution in [1.29, 1.82) is 0 Å². The topological polar surface area (TPSA) is 70.6 Å². The first-order chi connectivity index (χ1) is 12.7. The number of hydrogen-bond donors (Lipinski definition) is 2. The largest absolute Gasteiger partial charge is 0.493 e. The standard InChI is InChI=1S/C20H25N3O3/c1-13-20-15-9-18(25-2)19(10-17(15)22-16(20)5-6-21-13)26-12-14(24)11-23-7-3-4-8-23/h5-6,9-10,14,22,24H,3-4,7-8,11-12H2,1-2H3. The second-order valence-corrected chi connectivity index (χ2v) is 6.97. The Hall–Kier alpha value is -2.31. The molecule has 26 heavy (non-hydrogen) atoms. The summed E-state index contributed by atoms with van der Waals surface area (Å²) in [6.45, 7) is 5.03. The van der Waals surface area contributed by atoms with Gasteiger partial charge in [0, 0.05) is 40.8 Å². The second kappa shape index (κ2) is 7.13. The van der Waals surface area contributed by atoms with Crippen LogP contribution in [-0.4, -0.2) is 59.4 Å². The van der Waals surface area contributed by atoms with Crippen molar-refractivity contribution in [3.05, 3.63) is 30.1 Å². The minimum Gasteiger partial charge on any atom is -0.493 e. The van der Waals surface area contributed by atoms with Gasteiger partial charge in [-0.05, 0) is 45.0 Å². The number of aryl methyl sites for hydroxylation is 1. The highest BCUT2D eigenvalue weighted by Gasteiger charge is 2.18. The molecule has 4 rings (SSSR count). The molecule has 3 aromatic rings. The predicted octanol–water partition coefficient (Wildman–Crippen LogP) is 2.87. The molecule has 6 nitrogen and oxygen atoms in total. The highest BCUT2D eigenvalue weighted by Crippen LogP contribution is 2.36. The van der Waals surface area contributed by atoms with Crippen LogP contribution in [0.2, 0.25) is 0 Å². The number of hydrogen-bond acceptors (Lipinski definition) is 5. The van der Waals surface area contributed by atoms with Crippen LogP contribution in [0.1, 0.15) is 18.5 Å². The van der Waals surface area contributed by atoms with Crippen LogP contribution in [0.25, 0.3) is 21.8 Å². The minimum atomic E-state index is -0.511.